The number of carbonyl (C=O) groups is 1. The van der Waals surface area contributed by atoms with Crippen molar-refractivity contribution < 1.29 is 14.6 Å². The molecule has 0 aliphatic carbocycles. The van der Waals surface area contributed by atoms with Crippen LogP contribution in [-0.2, 0) is 4.74 Å². The molecule has 1 aromatic rings. The lowest BCUT2D eigenvalue weighted by Gasteiger charge is -2.09. The van der Waals surface area contributed by atoms with Crippen LogP contribution >= 0.6 is 0 Å². The zero-order valence-corrected chi connectivity index (χ0v) is 12.9. The Kier molecular flexibility index (Phi) is 7.52. The average molecular weight is 289 g/mol. The van der Waals surface area contributed by atoms with Crippen LogP contribution in [0.25, 0.3) is 0 Å². The first-order valence-electron chi connectivity index (χ1n) is 7.14. The van der Waals surface area contributed by atoms with Crippen LogP contribution in [-0.4, -0.2) is 36.9 Å². The van der Waals surface area contributed by atoms with Gasteiger partial charge >= 0.3 is 0 Å². The molecule has 4 nitrogen and oxygen atoms in total. The molecule has 0 aliphatic heterocycles. The molecule has 0 aliphatic rings. The molecule has 1 aromatic carbocycles. The van der Waals surface area contributed by atoms with Gasteiger partial charge in [-0.3, -0.25) is 4.79 Å². The van der Waals surface area contributed by atoms with Crippen molar-refractivity contribution in [1.82, 2.24) is 5.32 Å². The number of ether oxygens (including phenoxy) is 1. The average Bonchev–Trinajstić information content (AvgIpc) is 2.45. The van der Waals surface area contributed by atoms with Gasteiger partial charge in [0, 0.05) is 24.1 Å². The molecule has 114 valence electrons. The molecule has 0 saturated carbocycles. The van der Waals surface area contributed by atoms with Gasteiger partial charge in [-0.2, -0.15) is 0 Å². The Morgan fingerprint density at radius 3 is 2.81 bits per heavy atom. The van der Waals surface area contributed by atoms with Crippen molar-refractivity contribution in [2.45, 2.75) is 33.3 Å². The number of aryl methyl sites for hydroxylation is 1. The first-order chi connectivity index (χ1) is 10.0. The summed E-state index contributed by atoms with van der Waals surface area (Å²) in [6.45, 7) is 6.90. The predicted molar refractivity (Wildman–Crippen MR) is 83.2 cm³/mol. The first-order valence-corrected chi connectivity index (χ1v) is 7.14. The van der Waals surface area contributed by atoms with Crippen molar-refractivity contribution in [3.63, 3.8) is 0 Å². The summed E-state index contributed by atoms with van der Waals surface area (Å²) < 4.78 is 5.37. The molecule has 0 radical (unpaired) electrons. The Balaban J connectivity index is 2.58. The lowest BCUT2D eigenvalue weighted by molar-refractivity contribution is 0.0746. The summed E-state index contributed by atoms with van der Waals surface area (Å²) in [4.78, 5) is 12.0. The smallest absolute Gasteiger partial charge is 0.251 e. The maximum atomic E-state index is 12.0. The van der Waals surface area contributed by atoms with Crippen LogP contribution in [0.2, 0.25) is 0 Å². The van der Waals surface area contributed by atoms with E-state index in [9.17, 15) is 4.79 Å². The zero-order chi connectivity index (χ0) is 15.7. The molecule has 0 saturated heterocycles. The lowest BCUT2D eigenvalue weighted by Crippen LogP contribution is -2.28. The summed E-state index contributed by atoms with van der Waals surface area (Å²) in [5.74, 6) is 5.75. The van der Waals surface area contributed by atoms with Crippen LogP contribution in [0, 0.1) is 18.8 Å². The van der Waals surface area contributed by atoms with Gasteiger partial charge in [0.1, 0.15) is 0 Å². The van der Waals surface area contributed by atoms with Crippen molar-refractivity contribution in [1.29, 1.82) is 0 Å². The Bertz CT molecular complexity index is 527. The molecule has 1 rings (SSSR count). The van der Waals surface area contributed by atoms with Gasteiger partial charge < -0.3 is 15.2 Å². The molecule has 0 heterocycles. The highest BCUT2D eigenvalue weighted by Crippen LogP contribution is 2.10. The number of nitrogens with one attached hydrogen (secondary N) is 1. The molecule has 1 amide bonds. The minimum absolute atomic E-state index is 0.0605. The normalized spacial score (nSPS) is 10.1. The highest BCUT2D eigenvalue weighted by atomic mass is 16.5. The number of aliphatic hydroxyl groups is 1. The summed E-state index contributed by atoms with van der Waals surface area (Å²) in [6, 6.07) is 5.41. The maximum absolute atomic E-state index is 12.0. The number of aliphatic hydroxyl groups excluding tert-OH is 1. The second-order valence-electron chi connectivity index (χ2n) is 4.98. The van der Waals surface area contributed by atoms with Gasteiger partial charge in [-0.25, -0.2) is 0 Å². The fourth-order valence-corrected chi connectivity index (χ4v) is 1.72. The number of carbonyl (C=O) groups excluding carboxylic acids is 1. The van der Waals surface area contributed by atoms with Gasteiger partial charge in [0.05, 0.1) is 19.3 Å². The van der Waals surface area contributed by atoms with E-state index in [1.54, 1.807) is 6.07 Å². The number of hydrogen-bond acceptors (Lipinski definition) is 3. The topological polar surface area (TPSA) is 58.6 Å². The first kappa shape index (κ1) is 17.2. The van der Waals surface area contributed by atoms with E-state index in [0.717, 1.165) is 11.1 Å². The van der Waals surface area contributed by atoms with Crippen LogP contribution < -0.4 is 5.32 Å². The fraction of sp³-hybridized carbons (Fsp3) is 0.471. The van der Waals surface area contributed by atoms with E-state index in [1.807, 2.05) is 32.9 Å². The molecule has 2 N–H and O–H groups in total. The van der Waals surface area contributed by atoms with Crippen molar-refractivity contribution in [2.75, 3.05) is 19.8 Å². The van der Waals surface area contributed by atoms with E-state index in [4.69, 9.17) is 9.84 Å². The van der Waals surface area contributed by atoms with Gasteiger partial charge in [-0.15, -0.1) is 0 Å². The van der Waals surface area contributed by atoms with Gasteiger partial charge in [0.25, 0.3) is 5.91 Å². The standard InChI is InChI=1S/C17H23NO3/c1-13(2)21-11-9-18-17(20)16-8-7-15(14(3)12-16)6-4-5-10-19/h7-8,12-13,19H,5,9-11H2,1-3H3,(H,18,20). The Labute approximate surface area is 126 Å². The van der Waals surface area contributed by atoms with E-state index < -0.39 is 0 Å². The molecule has 21 heavy (non-hydrogen) atoms. The summed E-state index contributed by atoms with van der Waals surface area (Å²) in [5.41, 5.74) is 2.44. The predicted octanol–water partition coefficient (Wildman–Crippen LogP) is 1.88. The third-order valence-corrected chi connectivity index (χ3v) is 2.79. The van der Waals surface area contributed by atoms with Crippen LogP contribution in [0.3, 0.4) is 0 Å². The van der Waals surface area contributed by atoms with E-state index in [-0.39, 0.29) is 18.6 Å². The monoisotopic (exact) mass is 289 g/mol. The maximum Gasteiger partial charge on any atom is 0.251 e. The molecular weight excluding hydrogens is 266 g/mol. The molecule has 0 atom stereocenters. The van der Waals surface area contributed by atoms with Crippen LogP contribution in [0.4, 0.5) is 0 Å². The lowest BCUT2D eigenvalue weighted by atomic mass is 10.0. The van der Waals surface area contributed by atoms with Gasteiger partial charge in [0.15, 0.2) is 0 Å². The van der Waals surface area contributed by atoms with Gasteiger partial charge in [-0.05, 0) is 44.5 Å². The van der Waals surface area contributed by atoms with Crippen LogP contribution in [0.5, 0.6) is 0 Å². The number of rotatable bonds is 6. The Morgan fingerprint density at radius 2 is 2.19 bits per heavy atom. The second-order valence-corrected chi connectivity index (χ2v) is 4.98. The van der Waals surface area contributed by atoms with Crippen molar-refractivity contribution in [2.24, 2.45) is 0 Å². The van der Waals surface area contributed by atoms with Gasteiger partial charge in [-0.1, -0.05) is 11.8 Å². The van der Waals surface area contributed by atoms with Crippen LogP contribution in [0.1, 0.15) is 41.8 Å². The van der Waals surface area contributed by atoms with Crippen molar-refractivity contribution in [3.8, 4) is 11.8 Å². The Hall–Kier alpha value is -1.83. The van der Waals surface area contributed by atoms with E-state index in [0.29, 0.717) is 25.1 Å². The SMILES string of the molecule is Cc1cc(C(=O)NCCOC(C)C)ccc1C#CCCO. The summed E-state index contributed by atoms with van der Waals surface area (Å²) in [6.07, 6.45) is 0.623. The van der Waals surface area contributed by atoms with E-state index >= 15 is 0 Å². The summed E-state index contributed by atoms with van der Waals surface area (Å²) in [7, 11) is 0. The van der Waals surface area contributed by atoms with Crippen molar-refractivity contribution in [3.05, 3.63) is 34.9 Å². The quantitative estimate of drug-likeness (QED) is 0.621. The number of amides is 1. The highest BCUT2D eigenvalue weighted by molar-refractivity contribution is 5.94. The highest BCUT2D eigenvalue weighted by Gasteiger charge is 2.06. The molecule has 0 unspecified atom stereocenters. The Morgan fingerprint density at radius 1 is 1.43 bits per heavy atom. The fourth-order valence-electron chi connectivity index (χ4n) is 1.72. The molecule has 4 heteroatoms. The molecule has 0 bridgehead atoms. The minimum Gasteiger partial charge on any atom is -0.395 e. The zero-order valence-electron chi connectivity index (χ0n) is 12.9. The second kappa shape index (κ2) is 9.17. The summed E-state index contributed by atoms with van der Waals surface area (Å²) >= 11 is 0. The number of hydrogen-bond donors (Lipinski definition) is 2. The molecule has 0 aromatic heterocycles. The van der Waals surface area contributed by atoms with E-state index in [2.05, 4.69) is 17.2 Å². The van der Waals surface area contributed by atoms with Crippen LogP contribution in [0.15, 0.2) is 18.2 Å². The number of benzene rings is 1. The minimum atomic E-state index is -0.111. The third kappa shape index (κ3) is 6.44. The molecule has 0 spiro atoms. The molecule has 0 fully saturated rings. The third-order valence-electron chi connectivity index (χ3n) is 2.79. The van der Waals surface area contributed by atoms with Gasteiger partial charge in [0.2, 0.25) is 0 Å². The largest absolute Gasteiger partial charge is 0.395 e. The molecular formula is C17H23NO3. The summed E-state index contributed by atoms with van der Waals surface area (Å²) in [5, 5.41) is 11.5. The van der Waals surface area contributed by atoms with E-state index in [1.165, 1.54) is 0 Å². The van der Waals surface area contributed by atoms with Crippen molar-refractivity contribution >= 4 is 5.91 Å².